The smallest absolute Gasteiger partial charge is 0.248 e. The van der Waals surface area contributed by atoms with E-state index >= 15 is 0 Å². The van der Waals surface area contributed by atoms with Gasteiger partial charge in [0.2, 0.25) is 17.8 Å². The first kappa shape index (κ1) is 22.0. The highest BCUT2D eigenvalue weighted by molar-refractivity contribution is 6.30. The van der Waals surface area contributed by atoms with Gasteiger partial charge >= 0.3 is 0 Å². The van der Waals surface area contributed by atoms with Crippen LogP contribution in [0.5, 0.6) is 0 Å². The summed E-state index contributed by atoms with van der Waals surface area (Å²) in [6.07, 6.45) is 3.72. The van der Waals surface area contributed by atoms with Crippen molar-refractivity contribution in [2.45, 2.75) is 51.8 Å². The fourth-order valence-electron chi connectivity index (χ4n) is 4.10. The Morgan fingerprint density at radius 2 is 2.00 bits per heavy atom. The summed E-state index contributed by atoms with van der Waals surface area (Å²) in [4.78, 5) is 34.5. The summed E-state index contributed by atoms with van der Waals surface area (Å²) < 4.78 is 0. The molecular weight excluding hydrogens is 406 g/mol. The van der Waals surface area contributed by atoms with Gasteiger partial charge in [-0.25, -0.2) is 9.97 Å². The molecule has 160 valence electrons. The number of aliphatic hydroxyl groups is 1. The minimum absolute atomic E-state index is 0.0709. The Labute approximate surface area is 180 Å². The fourth-order valence-corrected chi connectivity index (χ4v) is 4.20. The first-order valence-corrected chi connectivity index (χ1v) is 10.2. The summed E-state index contributed by atoms with van der Waals surface area (Å²) in [7, 11) is 0. The van der Waals surface area contributed by atoms with Gasteiger partial charge < -0.3 is 21.1 Å². The summed E-state index contributed by atoms with van der Waals surface area (Å²) in [5, 5.41) is 13.6. The Morgan fingerprint density at radius 3 is 2.57 bits per heavy atom. The molecule has 1 aromatic carbocycles. The number of anilines is 2. The Balaban J connectivity index is 2.12. The van der Waals surface area contributed by atoms with Crippen LogP contribution in [0.4, 0.5) is 11.6 Å². The van der Waals surface area contributed by atoms with Crippen molar-refractivity contribution >= 4 is 35.1 Å². The van der Waals surface area contributed by atoms with E-state index in [0.29, 0.717) is 35.1 Å². The number of halogens is 1. The third-order valence-electron chi connectivity index (χ3n) is 5.52. The molecule has 9 heteroatoms. The van der Waals surface area contributed by atoms with E-state index in [1.165, 1.54) is 19.3 Å². The molecular formula is C21H26ClN5O3. The molecule has 2 aromatic rings. The quantitative estimate of drug-likeness (QED) is 0.646. The highest BCUT2D eigenvalue weighted by Crippen LogP contribution is 2.44. The number of primary amides is 1. The molecule has 8 nitrogen and oxygen atoms in total. The van der Waals surface area contributed by atoms with E-state index in [9.17, 15) is 14.7 Å². The molecule has 30 heavy (non-hydrogen) atoms. The zero-order valence-corrected chi connectivity index (χ0v) is 17.9. The zero-order valence-electron chi connectivity index (χ0n) is 17.2. The maximum atomic E-state index is 12.5. The fraction of sp³-hybridized carbons (Fsp3) is 0.429. The molecule has 3 unspecified atom stereocenters. The monoisotopic (exact) mass is 431 g/mol. The number of carbonyl (C=O) groups excluding carboxylic acids is 2. The summed E-state index contributed by atoms with van der Waals surface area (Å²) >= 11 is 5.91. The van der Waals surface area contributed by atoms with Gasteiger partial charge in [0.25, 0.3) is 0 Å². The van der Waals surface area contributed by atoms with Crippen LogP contribution in [0, 0.1) is 5.92 Å². The van der Waals surface area contributed by atoms with Crippen LogP contribution in [0.1, 0.15) is 55.6 Å². The number of hydrogen-bond donors (Lipinski definition) is 3. The van der Waals surface area contributed by atoms with Crippen molar-refractivity contribution < 1.29 is 14.7 Å². The van der Waals surface area contributed by atoms with Gasteiger partial charge in [0.15, 0.2) is 0 Å². The Bertz CT molecular complexity index is 935. The number of nitrogens with two attached hydrogens (primary N) is 1. The molecule has 1 aliphatic heterocycles. The summed E-state index contributed by atoms with van der Waals surface area (Å²) in [6, 6.07) is 4.62. The average Bonchev–Trinajstić information content (AvgIpc) is 2.68. The predicted octanol–water partition coefficient (Wildman–Crippen LogP) is 2.91. The number of aliphatic hydroxyl groups excluding tert-OH is 1. The Morgan fingerprint density at radius 1 is 1.33 bits per heavy atom. The Hall–Kier alpha value is -2.71. The highest BCUT2D eigenvalue weighted by atomic mass is 35.5. The standard InChI is InChI=1S/C21H26ClN5O3/c1-11(28)4-6-16-12(2)27(13(3)29)18-7-5-14(20(23)30)8-17(18)19(16)26-21-24-9-15(22)10-25-21/h5,7-12,16,19,28H,4,6H2,1-3H3,(H2,23,30)(H,24,25,26)/t11-,12?,16?,19?/m0/s1. The van der Waals surface area contributed by atoms with E-state index in [1.54, 1.807) is 30.0 Å². The van der Waals surface area contributed by atoms with Gasteiger partial charge in [0.05, 0.1) is 29.6 Å². The van der Waals surface area contributed by atoms with Crippen molar-refractivity contribution in [1.82, 2.24) is 9.97 Å². The number of nitrogens with one attached hydrogen (secondary N) is 1. The summed E-state index contributed by atoms with van der Waals surface area (Å²) in [5.74, 6) is -0.338. The lowest BCUT2D eigenvalue weighted by molar-refractivity contribution is -0.117. The minimum atomic E-state index is -0.548. The average molecular weight is 432 g/mol. The molecule has 0 fully saturated rings. The van der Waals surface area contributed by atoms with Crippen molar-refractivity contribution in [3.8, 4) is 0 Å². The number of amides is 2. The second-order valence-electron chi connectivity index (χ2n) is 7.70. The summed E-state index contributed by atoms with van der Waals surface area (Å²) in [6.45, 7) is 5.24. The number of benzene rings is 1. The lowest BCUT2D eigenvalue weighted by atomic mass is 9.78. The molecule has 1 aromatic heterocycles. The summed E-state index contributed by atoms with van der Waals surface area (Å²) in [5.41, 5.74) is 7.32. The van der Waals surface area contributed by atoms with E-state index < -0.39 is 12.0 Å². The molecule has 0 aliphatic carbocycles. The largest absolute Gasteiger partial charge is 0.393 e. The first-order valence-electron chi connectivity index (χ1n) is 9.84. The highest BCUT2D eigenvalue weighted by Gasteiger charge is 2.41. The number of hydrogen-bond acceptors (Lipinski definition) is 6. The van der Waals surface area contributed by atoms with E-state index in [-0.39, 0.29) is 23.9 Å². The van der Waals surface area contributed by atoms with Gasteiger partial charge in [0, 0.05) is 30.1 Å². The van der Waals surface area contributed by atoms with Crippen LogP contribution >= 0.6 is 11.6 Å². The van der Waals surface area contributed by atoms with Crippen molar-refractivity contribution in [2.75, 3.05) is 10.2 Å². The molecule has 4 N–H and O–H groups in total. The van der Waals surface area contributed by atoms with Crippen LogP contribution in [-0.2, 0) is 4.79 Å². The molecule has 4 atom stereocenters. The SMILES string of the molecule is CC(=O)N1c2ccc(C(N)=O)cc2C(Nc2ncc(Cl)cn2)C(CC[C@H](C)O)C1C. The molecule has 0 bridgehead atoms. The molecule has 2 amide bonds. The van der Waals surface area contributed by atoms with Gasteiger partial charge in [-0.2, -0.15) is 0 Å². The molecule has 0 radical (unpaired) electrons. The molecule has 2 heterocycles. The van der Waals surface area contributed by atoms with Crippen molar-refractivity contribution in [3.05, 3.63) is 46.7 Å². The lowest BCUT2D eigenvalue weighted by Gasteiger charge is -2.45. The van der Waals surface area contributed by atoms with E-state index in [1.807, 2.05) is 6.92 Å². The Kier molecular flexibility index (Phi) is 6.58. The molecule has 0 spiro atoms. The zero-order chi connectivity index (χ0) is 22.0. The molecule has 0 saturated heterocycles. The van der Waals surface area contributed by atoms with Crippen molar-refractivity contribution in [1.29, 1.82) is 0 Å². The first-order chi connectivity index (χ1) is 14.2. The van der Waals surface area contributed by atoms with Crippen LogP contribution in [-0.4, -0.2) is 39.0 Å². The van der Waals surface area contributed by atoms with E-state index in [0.717, 1.165) is 5.56 Å². The van der Waals surface area contributed by atoms with Crippen LogP contribution in [0.25, 0.3) is 0 Å². The molecule has 3 rings (SSSR count). The van der Waals surface area contributed by atoms with Crippen LogP contribution in [0.15, 0.2) is 30.6 Å². The maximum Gasteiger partial charge on any atom is 0.248 e. The minimum Gasteiger partial charge on any atom is -0.393 e. The lowest BCUT2D eigenvalue weighted by Crippen LogP contribution is -2.49. The molecule has 0 saturated carbocycles. The van der Waals surface area contributed by atoms with Gasteiger partial charge in [-0.15, -0.1) is 0 Å². The predicted molar refractivity (Wildman–Crippen MR) is 115 cm³/mol. The van der Waals surface area contributed by atoms with Crippen LogP contribution < -0.4 is 16.0 Å². The number of nitrogens with zero attached hydrogens (tertiary/aromatic N) is 3. The number of aromatic nitrogens is 2. The van der Waals surface area contributed by atoms with Crippen molar-refractivity contribution in [2.24, 2.45) is 11.7 Å². The normalized spacial score (nSPS) is 21.6. The number of fused-ring (bicyclic) bond motifs is 1. The van der Waals surface area contributed by atoms with E-state index in [4.69, 9.17) is 17.3 Å². The van der Waals surface area contributed by atoms with Gasteiger partial charge in [-0.3, -0.25) is 9.59 Å². The second kappa shape index (κ2) is 8.97. The van der Waals surface area contributed by atoms with Gasteiger partial charge in [0.1, 0.15) is 0 Å². The number of rotatable bonds is 6. The molecule has 1 aliphatic rings. The van der Waals surface area contributed by atoms with E-state index in [2.05, 4.69) is 15.3 Å². The maximum absolute atomic E-state index is 12.5. The van der Waals surface area contributed by atoms with Gasteiger partial charge in [-0.1, -0.05) is 11.6 Å². The van der Waals surface area contributed by atoms with Crippen molar-refractivity contribution in [3.63, 3.8) is 0 Å². The van der Waals surface area contributed by atoms with Crippen LogP contribution in [0.3, 0.4) is 0 Å². The topological polar surface area (TPSA) is 121 Å². The van der Waals surface area contributed by atoms with Gasteiger partial charge in [-0.05, 0) is 50.5 Å². The second-order valence-corrected chi connectivity index (χ2v) is 8.14. The van der Waals surface area contributed by atoms with Crippen LogP contribution in [0.2, 0.25) is 5.02 Å². The third kappa shape index (κ3) is 4.55. The third-order valence-corrected chi connectivity index (χ3v) is 5.72. The number of carbonyl (C=O) groups is 2.